The van der Waals surface area contributed by atoms with Crippen LogP contribution in [0.1, 0.15) is 57.8 Å². The molecule has 0 aromatic carbocycles. The molecule has 0 amide bonds. The molecule has 1 saturated carbocycles. The average molecular weight is 255 g/mol. The molecule has 2 saturated heterocycles. The van der Waals surface area contributed by atoms with Gasteiger partial charge in [0.15, 0.2) is 0 Å². The normalized spacial score (nSPS) is 40.4. The molecule has 3 rings (SSSR count). The van der Waals surface area contributed by atoms with Gasteiger partial charge in [-0.25, -0.2) is 0 Å². The molecule has 0 bridgehead atoms. The van der Waals surface area contributed by atoms with E-state index in [2.05, 4.69) is 11.8 Å². The molecule has 3 fully saturated rings. The lowest BCUT2D eigenvalue weighted by molar-refractivity contribution is -0.0420. The first kappa shape index (κ1) is 12.3. The average Bonchev–Trinajstić information content (AvgIpc) is 3.04. The molecule has 2 heterocycles. The predicted octanol–water partition coefficient (Wildman–Crippen LogP) is 3.09. The van der Waals surface area contributed by atoms with E-state index in [9.17, 15) is 0 Å². The number of hydrogen-bond acceptors (Lipinski definition) is 3. The molecule has 2 N–H and O–H groups in total. The van der Waals surface area contributed by atoms with E-state index in [1.165, 1.54) is 63.5 Å². The number of rotatable bonds is 3. The molecule has 98 valence electrons. The van der Waals surface area contributed by atoms with E-state index in [1.54, 1.807) is 0 Å². The van der Waals surface area contributed by atoms with Gasteiger partial charge >= 0.3 is 0 Å². The fourth-order valence-electron chi connectivity index (χ4n) is 4.00. The van der Waals surface area contributed by atoms with Crippen molar-refractivity contribution >= 4 is 11.8 Å². The van der Waals surface area contributed by atoms with Gasteiger partial charge in [-0.3, -0.25) is 0 Å². The van der Waals surface area contributed by atoms with E-state index in [1.807, 2.05) is 0 Å². The summed E-state index contributed by atoms with van der Waals surface area (Å²) in [4.78, 5) is 0. The maximum Gasteiger partial charge on any atom is 0.0687 e. The molecular formula is C14H25NOS. The van der Waals surface area contributed by atoms with Gasteiger partial charge in [0.25, 0.3) is 0 Å². The minimum absolute atomic E-state index is 0.295. The molecule has 0 aromatic rings. The van der Waals surface area contributed by atoms with Crippen LogP contribution in [0.15, 0.2) is 0 Å². The van der Waals surface area contributed by atoms with Crippen LogP contribution in [0.2, 0.25) is 0 Å². The third-order valence-electron chi connectivity index (χ3n) is 5.01. The summed E-state index contributed by atoms with van der Waals surface area (Å²) in [6.07, 6.45) is 12.3. The summed E-state index contributed by atoms with van der Waals surface area (Å²) >= 11 is 2.10. The third-order valence-corrected chi connectivity index (χ3v) is 6.65. The fourth-order valence-corrected chi connectivity index (χ4v) is 5.43. The van der Waals surface area contributed by atoms with Gasteiger partial charge in [-0.05, 0) is 50.7 Å². The Morgan fingerprint density at radius 3 is 2.59 bits per heavy atom. The first-order valence-electron chi connectivity index (χ1n) is 7.28. The lowest BCUT2D eigenvalue weighted by Gasteiger charge is -2.31. The van der Waals surface area contributed by atoms with Crippen LogP contribution >= 0.6 is 11.8 Å². The summed E-state index contributed by atoms with van der Waals surface area (Å²) in [6, 6.07) is 0. The van der Waals surface area contributed by atoms with Crippen LogP contribution in [0.4, 0.5) is 0 Å². The standard InChI is InChI=1S/C14H25NOS/c15-11-14(7-3-9-17-14)10-12-4-8-13(16-12)5-1-2-6-13/h12H,1-11,15H2. The minimum atomic E-state index is 0.295. The summed E-state index contributed by atoms with van der Waals surface area (Å²) in [5.74, 6) is 1.30. The summed E-state index contributed by atoms with van der Waals surface area (Å²) < 4.78 is 6.79. The van der Waals surface area contributed by atoms with Crippen molar-refractivity contribution in [3.05, 3.63) is 0 Å². The largest absolute Gasteiger partial charge is 0.372 e. The van der Waals surface area contributed by atoms with Crippen LogP contribution in [0.25, 0.3) is 0 Å². The second kappa shape index (κ2) is 4.75. The van der Waals surface area contributed by atoms with Crippen LogP contribution in [0.5, 0.6) is 0 Å². The van der Waals surface area contributed by atoms with Crippen molar-refractivity contribution in [1.29, 1.82) is 0 Å². The topological polar surface area (TPSA) is 35.2 Å². The van der Waals surface area contributed by atoms with Crippen LogP contribution < -0.4 is 5.73 Å². The van der Waals surface area contributed by atoms with E-state index >= 15 is 0 Å². The van der Waals surface area contributed by atoms with Crippen LogP contribution in [0, 0.1) is 0 Å². The van der Waals surface area contributed by atoms with Crippen molar-refractivity contribution in [1.82, 2.24) is 0 Å². The molecule has 2 atom stereocenters. The highest BCUT2D eigenvalue weighted by Gasteiger charge is 2.45. The zero-order valence-corrected chi connectivity index (χ0v) is 11.6. The van der Waals surface area contributed by atoms with Crippen molar-refractivity contribution in [2.75, 3.05) is 12.3 Å². The van der Waals surface area contributed by atoms with Gasteiger partial charge in [0, 0.05) is 11.3 Å². The molecule has 0 aromatic heterocycles. The van der Waals surface area contributed by atoms with Gasteiger partial charge < -0.3 is 10.5 Å². The Kier molecular flexibility index (Phi) is 3.44. The predicted molar refractivity (Wildman–Crippen MR) is 73.4 cm³/mol. The molecule has 2 aliphatic heterocycles. The van der Waals surface area contributed by atoms with Crippen LogP contribution in [-0.2, 0) is 4.74 Å². The molecule has 1 aliphatic carbocycles. The lowest BCUT2D eigenvalue weighted by Crippen LogP contribution is -2.36. The van der Waals surface area contributed by atoms with Gasteiger partial charge in [-0.15, -0.1) is 0 Å². The number of thioether (sulfide) groups is 1. The molecule has 0 radical (unpaired) electrons. The van der Waals surface area contributed by atoms with Gasteiger partial charge in [-0.2, -0.15) is 11.8 Å². The fraction of sp³-hybridized carbons (Fsp3) is 1.00. The molecule has 17 heavy (non-hydrogen) atoms. The van der Waals surface area contributed by atoms with E-state index in [0.29, 0.717) is 16.5 Å². The van der Waals surface area contributed by atoms with Gasteiger partial charge in [0.2, 0.25) is 0 Å². The van der Waals surface area contributed by atoms with Crippen molar-refractivity contribution < 1.29 is 4.74 Å². The number of hydrogen-bond donors (Lipinski definition) is 1. The lowest BCUT2D eigenvalue weighted by atomic mass is 9.93. The summed E-state index contributed by atoms with van der Waals surface area (Å²) in [6.45, 7) is 0.838. The van der Waals surface area contributed by atoms with Crippen molar-refractivity contribution in [2.24, 2.45) is 5.73 Å². The van der Waals surface area contributed by atoms with Gasteiger partial charge in [0.1, 0.15) is 0 Å². The Morgan fingerprint density at radius 1 is 1.12 bits per heavy atom. The Morgan fingerprint density at radius 2 is 1.94 bits per heavy atom. The second-order valence-electron chi connectivity index (χ2n) is 6.21. The number of ether oxygens (including phenoxy) is 1. The summed E-state index contributed by atoms with van der Waals surface area (Å²) in [5.41, 5.74) is 6.31. The molecule has 3 heteroatoms. The second-order valence-corrected chi connectivity index (χ2v) is 7.77. The molecular weight excluding hydrogens is 230 g/mol. The van der Waals surface area contributed by atoms with E-state index in [4.69, 9.17) is 10.5 Å². The SMILES string of the molecule is NCC1(CC2CCC3(CCCC3)O2)CCCS1. The number of nitrogens with two attached hydrogens (primary N) is 1. The Hall–Kier alpha value is 0.270. The Labute approximate surface area is 109 Å². The van der Waals surface area contributed by atoms with E-state index < -0.39 is 0 Å². The molecule has 2 unspecified atom stereocenters. The Bertz CT molecular complexity index is 269. The maximum absolute atomic E-state index is 6.43. The zero-order chi connectivity index (χ0) is 11.8. The van der Waals surface area contributed by atoms with Crippen molar-refractivity contribution in [3.63, 3.8) is 0 Å². The summed E-state index contributed by atoms with van der Waals surface area (Å²) in [7, 11) is 0. The molecule has 1 spiro atoms. The van der Waals surface area contributed by atoms with E-state index in [0.717, 1.165) is 6.54 Å². The van der Waals surface area contributed by atoms with Crippen LogP contribution in [0.3, 0.4) is 0 Å². The van der Waals surface area contributed by atoms with Gasteiger partial charge in [-0.1, -0.05) is 12.8 Å². The van der Waals surface area contributed by atoms with Crippen molar-refractivity contribution in [3.8, 4) is 0 Å². The quantitative estimate of drug-likeness (QED) is 0.841. The zero-order valence-electron chi connectivity index (χ0n) is 10.7. The van der Waals surface area contributed by atoms with Gasteiger partial charge in [0.05, 0.1) is 11.7 Å². The highest BCUT2D eigenvalue weighted by molar-refractivity contribution is 8.00. The minimum Gasteiger partial charge on any atom is -0.372 e. The first-order valence-corrected chi connectivity index (χ1v) is 8.26. The maximum atomic E-state index is 6.43. The highest BCUT2D eigenvalue weighted by Crippen LogP contribution is 2.48. The third kappa shape index (κ3) is 2.39. The highest BCUT2D eigenvalue weighted by atomic mass is 32.2. The summed E-state index contributed by atoms with van der Waals surface area (Å²) in [5, 5.41) is 0. The van der Waals surface area contributed by atoms with Crippen molar-refractivity contribution in [2.45, 2.75) is 74.2 Å². The smallest absolute Gasteiger partial charge is 0.0687 e. The monoisotopic (exact) mass is 255 g/mol. The molecule has 2 nitrogen and oxygen atoms in total. The molecule has 3 aliphatic rings. The Balaban J connectivity index is 1.59. The van der Waals surface area contributed by atoms with E-state index in [-0.39, 0.29) is 0 Å². The first-order chi connectivity index (χ1) is 8.26. The van der Waals surface area contributed by atoms with Crippen LogP contribution in [-0.4, -0.2) is 28.7 Å².